The molecule has 3 heterocycles. The molecule has 0 unspecified atom stereocenters. The third-order valence-electron chi connectivity index (χ3n) is 4.58. The second kappa shape index (κ2) is 6.63. The predicted molar refractivity (Wildman–Crippen MR) is 105 cm³/mol. The van der Waals surface area contributed by atoms with Crippen LogP contribution in [-0.2, 0) is 10.0 Å². The van der Waals surface area contributed by atoms with Gasteiger partial charge < -0.3 is 10.1 Å². The van der Waals surface area contributed by atoms with Crippen molar-refractivity contribution >= 4 is 38.4 Å². The molecule has 140 valence electrons. The minimum atomic E-state index is -3.16. The molecule has 3 aromatic rings. The van der Waals surface area contributed by atoms with Gasteiger partial charge in [0.1, 0.15) is 0 Å². The largest absolute Gasteiger partial charge is 0.480 e. The highest BCUT2D eigenvalue weighted by atomic mass is 35.5. The smallest absolute Gasteiger partial charge is 0.293 e. The zero-order valence-electron chi connectivity index (χ0n) is 14.5. The minimum Gasteiger partial charge on any atom is -0.480 e. The van der Waals surface area contributed by atoms with E-state index in [9.17, 15) is 13.5 Å². The van der Waals surface area contributed by atoms with Crippen LogP contribution in [0, 0.1) is 0 Å². The SMILES string of the molecule is CS(=O)(=O)N1CC=C(c2ccc(-c3nc4nc(O)[nH]c4cc3Cl)cc2)CC1. The van der Waals surface area contributed by atoms with E-state index in [-0.39, 0.29) is 6.01 Å². The molecule has 9 heteroatoms. The van der Waals surface area contributed by atoms with E-state index in [4.69, 9.17) is 11.6 Å². The maximum atomic E-state index is 11.6. The molecule has 0 spiro atoms. The van der Waals surface area contributed by atoms with Gasteiger partial charge >= 0.3 is 0 Å². The summed E-state index contributed by atoms with van der Waals surface area (Å²) >= 11 is 6.33. The third-order valence-corrected chi connectivity index (χ3v) is 6.14. The number of sulfonamides is 1. The molecule has 27 heavy (non-hydrogen) atoms. The van der Waals surface area contributed by atoms with Crippen LogP contribution in [-0.4, -0.2) is 52.1 Å². The molecular weight excluding hydrogens is 388 g/mol. The number of benzene rings is 1. The highest BCUT2D eigenvalue weighted by Gasteiger charge is 2.20. The average Bonchev–Trinajstić information content (AvgIpc) is 2.99. The van der Waals surface area contributed by atoms with Gasteiger partial charge in [0.25, 0.3) is 6.01 Å². The zero-order valence-corrected chi connectivity index (χ0v) is 16.0. The molecule has 2 aromatic heterocycles. The van der Waals surface area contributed by atoms with Crippen molar-refractivity contribution < 1.29 is 13.5 Å². The van der Waals surface area contributed by atoms with E-state index in [0.717, 1.165) is 16.7 Å². The van der Waals surface area contributed by atoms with Crippen molar-refractivity contribution in [3.05, 3.63) is 47.0 Å². The summed E-state index contributed by atoms with van der Waals surface area (Å²) in [5, 5.41) is 9.92. The lowest BCUT2D eigenvalue weighted by Crippen LogP contribution is -2.33. The minimum absolute atomic E-state index is 0.201. The second-order valence-corrected chi connectivity index (χ2v) is 8.82. The van der Waals surface area contributed by atoms with Crippen molar-refractivity contribution in [3.63, 3.8) is 0 Å². The Morgan fingerprint density at radius 2 is 1.89 bits per heavy atom. The first-order valence-electron chi connectivity index (χ1n) is 8.31. The molecule has 0 atom stereocenters. The fourth-order valence-corrected chi connectivity index (χ4v) is 4.19. The number of aromatic nitrogens is 3. The highest BCUT2D eigenvalue weighted by Crippen LogP contribution is 2.31. The van der Waals surface area contributed by atoms with E-state index in [1.807, 2.05) is 30.3 Å². The van der Waals surface area contributed by atoms with Gasteiger partial charge in [-0.3, -0.25) is 0 Å². The van der Waals surface area contributed by atoms with Gasteiger partial charge in [-0.25, -0.2) is 13.4 Å². The van der Waals surface area contributed by atoms with E-state index in [2.05, 4.69) is 15.0 Å². The molecule has 4 rings (SSSR count). The summed E-state index contributed by atoms with van der Waals surface area (Å²) in [6, 6.07) is 9.28. The summed E-state index contributed by atoms with van der Waals surface area (Å²) in [5.41, 5.74) is 4.55. The van der Waals surface area contributed by atoms with Crippen LogP contribution in [0.15, 0.2) is 36.4 Å². The van der Waals surface area contributed by atoms with Gasteiger partial charge in [-0.2, -0.15) is 9.29 Å². The van der Waals surface area contributed by atoms with E-state index in [1.54, 1.807) is 6.07 Å². The first kappa shape index (κ1) is 18.0. The molecule has 1 aliphatic heterocycles. The Morgan fingerprint density at radius 3 is 2.52 bits per heavy atom. The van der Waals surface area contributed by atoms with Crippen molar-refractivity contribution in [2.75, 3.05) is 19.3 Å². The summed E-state index contributed by atoms with van der Waals surface area (Å²) < 4.78 is 24.7. The Bertz CT molecular complexity index is 1150. The number of nitrogens with zero attached hydrogens (tertiary/aromatic N) is 3. The molecule has 0 bridgehead atoms. The molecule has 0 aliphatic carbocycles. The first-order valence-corrected chi connectivity index (χ1v) is 10.5. The maximum Gasteiger partial charge on any atom is 0.293 e. The average molecular weight is 405 g/mol. The highest BCUT2D eigenvalue weighted by molar-refractivity contribution is 7.88. The number of aromatic amines is 1. The molecule has 0 radical (unpaired) electrons. The van der Waals surface area contributed by atoms with Crippen molar-refractivity contribution in [2.45, 2.75) is 6.42 Å². The van der Waals surface area contributed by atoms with Crippen molar-refractivity contribution in [1.82, 2.24) is 19.3 Å². The molecule has 1 aliphatic rings. The Kier molecular flexibility index (Phi) is 4.41. The normalized spacial score (nSPS) is 15.9. The number of halogens is 1. The van der Waals surface area contributed by atoms with Gasteiger partial charge in [0.05, 0.1) is 22.5 Å². The van der Waals surface area contributed by atoms with Crippen LogP contribution < -0.4 is 0 Å². The Balaban J connectivity index is 1.61. The topological polar surface area (TPSA) is 99.2 Å². The molecule has 2 N–H and O–H groups in total. The van der Waals surface area contributed by atoms with E-state index in [0.29, 0.717) is 41.4 Å². The van der Waals surface area contributed by atoms with Crippen LogP contribution in [0.25, 0.3) is 28.0 Å². The van der Waals surface area contributed by atoms with Crippen molar-refractivity contribution in [1.29, 1.82) is 0 Å². The fraction of sp³-hybridized carbons (Fsp3) is 0.222. The number of H-pyrrole nitrogens is 1. The number of imidazole rings is 1. The Hall–Kier alpha value is -2.42. The summed E-state index contributed by atoms with van der Waals surface area (Å²) in [6.45, 7) is 0.877. The molecule has 0 fully saturated rings. The lowest BCUT2D eigenvalue weighted by molar-refractivity contribution is 0.438. The summed E-state index contributed by atoms with van der Waals surface area (Å²) in [6.07, 6.45) is 3.85. The van der Waals surface area contributed by atoms with E-state index >= 15 is 0 Å². The van der Waals surface area contributed by atoms with Gasteiger partial charge in [0, 0.05) is 18.7 Å². The van der Waals surface area contributed by atoms with Gasteiger partial charge in [-0.1, -0.05) is 41.9 Å². The monoisotopic (exact) mass is 404 g/mol. The number of aromatic hydroxyl groups is 1. The lowest BCUT2D eigenvalue weighted by atomic mass is 9.98. The lowest BCUT2D eigenvalue weighted by Gasteiger charge is -2.24. The second-order valence-electron chi connectivity index (χ2n) is 6.43. The number of hydrogen-bond acceptors (Lipinski definition) is 5. The fourth-order valence-electron chi connectivity index (χ4n) is 3.16. The summed E-state index contributed by atoms with van der Waals surface area (Å²) in [5.74, 6) is 0. The zero-order chi connectivity index (χ0) is 19.2. The number of pyridine rings is 1. The van der Waals surface area contributed by atoms with Crippen molar-refractivity contribution in [2.24, 2.45) is 0 Å². The Labute approximate surface area is 161 Å². The maximum absolute atomic E-state index is 11.6. The molecule has 0 saturated heterocycles. The molecule has 1 aromatic carbocycles. The van der Waals surface area contributed by atoms with Crippen LogP contribution in [0.5, 0.6) is 6.01 Å². The van der Waals surface area contributed by atoms with E-state index < -0.39 is 10.0 Å². The van der Waals surface area contributed by atoms with Crippen molar-refractivity contribution in [3.8, 4) is 17.3 Å². The van der Waals surface area contributed by atoms with Gasteiger partial charge in [-0.05, 0) is 23.6 Å². The molecule has 7 nitrogen and oxygen atoms in total. The third kappa shape index (κ3) is 3.55. The van der Waals surface area contributed by atoms with Crippen LogP contribution in [0.3, 0.4) is 0 Å². The number of hydrogen-bond donors (Lipinski definition) is 2. The van der Waals surface area contributed by atoms with Crippen LogP contribution in [0.2, 0.25) is 5.02 Å². The first-order chi connectivity index (χ1) is 12.8. The number of fused-ring (bicyclic) bond motifs is 1. The van der Waals surface area contributed by atoms with Crippen LogP contribution in [0.4, 0.5) is 0 Å². The van der Waals surface area contributed by atoms with Crippen LogP contribution in [0.1, 0.15) is 12.0 Å². The summed E-state index contributed by atoms with van der Waals surface area (Å²) in [7, 11) is -3.16. The number of nitrogens with one attached hydrogen (secondary N) is 1. The molecular formula is C18H17ClN4O3S. The predicted octanol–water partition coefficient (Wildman–Crippen LogP) is 3.03. The van der Waals surface area contributed by atoms with E-state index in [1.165, 1.54) is 10.6 Å². The standard InChI is InChI=1S/C18H17ClN4O3S/c1-27(25,26)23-8-6-12(7-9-23)11-2-4-13(5-3-11)16-14(19)10-15-17(21-16)22-18(24)20-15/h2-6,10H,7-9H2,1H3,(H2,20,21,22,24). The van der Waals surface area contributed by atoms with Gasteiger partial charge in [0.2, 0.25) is 10.0 Å². The quantitative estimate of drug-likeness (QED) is 0.699. The van der Waals surface area contributed by atoms with Gasteiger partial charge in [0.15, 0.2) is 5.65 Å². The summed E-state index contributed by atoms with van der Waals surface area (Å²) in [4.78, 5) is 11.0. The van der Waals surface area contributed by atoms with Gasteiger partial charge in [-0.15, -0.1) is 0 Å². The number of rotatable bonds is 3. The van der Waals surface area contributed by atoms with Crippen LogP contribution >= 0.6 is 11.6 Å². The molecule has 0 amide bonds. The molecule has 0 saturated carbocycles. The Morgan fingerprint density at radius 1 is 1.19 bits per heavy atom.